The standard InChI is InChI=1S/C14H30N2/c1-5-8-13-9-6-7-10-16(13)11-14(15-4)12(2)3/h12-15H,5-11H2,1-4H3. The van der Waals surface area contributed by atoms with E-state index < -0.39 is 0 Å². The molecule has 1 saturated heterocycles. The number of rotatable bonds is 6. The van der Waals surface area contributed by atoms with E-state index in [9.17, 15) is 0 Å². The second kappa shape index (κ2) is 7.29. The number of nitrogens with one attached hydrogen (secondary N) is 1. The summed E-state index contributed by atoms with van der Waals surface area (Å²) in [6.45, 7) is 9.50. The van der Waals surface area contributed by atoms with Crippen LogP contribution in [0, 0.1) is 5.92 Å². The van der Waals surface area contributed by atoms with E-state index in [0.717, 1.165) is 12.0 Å². The van der Waals surface area contributed by atoms with Crippen molar-refractivity contribution < 1.29 is 0 Å². The van der Waals surface area contributed by atoms with E-state index in [4.69, 9.17) is 0 Å². The van der Waals surface area contributed by atoms with Gasteiger partial charge in [-0.15, -0.1) is 0 Å². The first-order valence-corrected chi connectivity index (χ1v) is 7.10. The molecule has 0 aromatic carbocycles. The van der Waals surface area contributed by atoms with Gasteiger partial charge in [-0.05, 0) is 38.8 Å². The zero-order chi connectivity index (χ0) is 12.0. The highest BCUT2D eigenvalue weighted by atomic mass is 15.2. The molecule has 2 nitrogen and oxygen atoms in total. The molecule has 1 rings (SSSR count). The Morgan fingerprint density at radius 2 is 2.06 bits per heavy atom. The highest BCUT2D eigenvalue weighted by Gasteiger charge is 2.24. The summed E-state index contributed by atoms with van der Waals surface area (Å²) >= 11 is 0. The highest BCUT2D eigenvalue weighted by molar-refractivity contribution is 4.81. The SMILES string of the molecule is CCCC1CCCCN1CC(NC)C(C)C. The molecule has 0 radical (unpaired) electrons. The van der Waals surface area contributed by atoms with Gasteiger partial charge in [0, 0.05) is 18.6 Å². The first kappa shape index (κ1) is 14.0. The summed E-state index contributed by atoms with van der Waals surface area (Å²) in [7, 11) is 2.10. The van der Waals surface area contributed by atoms with Crippen LogP contribution in [-0.2, 0) is 0 Å². The van der Waals surface area contributed by atoms with Crippen molar-refractivity contribution in [1.82, 2.24) is 10.2 Å². The van der Waals surface area contributed by atoms with Crippen LogP contribution in [0.2, 0.25) is 0 Å². The smallest absolute Gasteiger partial charge is 0.0215 e. The Morgan fingerprint density at radius 1 is 1.31 bits per heavy atom. The molecule has 1 aliphatic heterocycles. The molecule has 0 aromatic heterocycles. The fourth-order valence-electron chi connectivity index (χ4n) is 2.85. The predicted molar refractivity (Wildman–Crippen MR) is 71.8 cm³/mol. The molecule has 0 aromatic rings. The second-order valence-electron chi connectivity index (χ2n) is 5.57. The van der Waals surface area contributed by atoms with Crippen LogP contribution in [-0.4, -0.2) is 37.1 Å². The summed E-state index contributed by atoms with van der Waals surface area (Å²) in [5.41, 5.74) is 0. The molecule has 1 fully saturated rings. The quantitative estimate of drug-likeness (QED) is 0.749. The van der Waals surface area contributed by atoms with Crippen molar-refractivity contribution in [3.63, 3.8) is 0 Å². The Bertz CT molecular complexity index is 178. The summed E-state index contributed by atoms with van der Waals surface area (Å²) in [5, 5.41) is 3.47. The normalized spacial score (nSPS) is 24.9. The van der Waals surface area contributed by atoms with Gasteiger partial charge in [0.25, 0.3) is 0 Å². The first-order valence-electron chi connectivity index (χ1n) is 7.10. The number of nitrogens with zero attached hydrogens (tertiary/aromatic N) is 1. The third-order valence-corrected chi connectivity index (χ3v) is 3.98. The molecule has 0 amide bonds. The number of hydrogen-bond acceptors (Lipinski definition) is 2. The van der Waals surface area contributed by atoms with E-state index in [2.05, 4.69) is 38.0 Å². The van der Waals surface area contributed by atoms with Gasteiger partial charge in [0.1, 0.15) is 0 Å². The van der Waals surface area contributed by atoms with Crippen molar-refractivity contribution in [3.8, 4) is 0 Å². The minimum atomic E-state index is 0.650. The Hall–Kier alpha value is -0.0800. The average molecular weight is 226 g/mol. The van der Waals surface area contributed by atoms with Gasteiger partial charge in [0.15, 0.2) is 0 Å². The van der Waals surface area contributed by atoms with Crippen LogP contribution in [0.3, 0.4) is 0 Å². The molecule has 0 aliphatic carbocycles. The summed E-state index contributed by atoms with van der Waals surface area (Å²) in [6.07, 6.45) is 6.96. The highest BCUT2D eigenvalue weighted by Crippen LogP contribution is 2.21. The van der Waals surface area contributed by atoms with Gasteiger partial charge in [-0.1, -0.05) is 33.6 Å². The number of likely N-dealkylation sites (tertiary alicyclic amines) is 1. The summed E-state index contributed by atoms with van der Waals surface area (Å²) < 4.78 is 0. The zero-order valence-electron chi connectivity index (χ0n) is 11.6. The fraction of sp³-hybridized carbons (Fsp3) is 1.00. The van der Waals surface area contributed by atoms with Crippen LogP contribution in [0.15, 0.2) is 0 Å². The van der Waals surface area contributed by atoms with Gasteiger partial charge in [-0.25, -0.2) is 0 Å². The summed E-state index contributed by atoms with van der Waals surface area (Å²) in [4.78, 5) is 2.73. The zero-order valence-corrected chi connectivity index (χ0v) is 11.6. The Morgan fingerprint density at radius 3 is 2.62 bits per heavy atom. The maximum atomic E-state index is 3.47. The maximum Gasteiger partial charge on any atom is 0.0215 e. The monoisotopic (exact) mass is 226 g/mol. The number of piperidine rings is 1. The van der Waals surface area contributed by atoms with Gasteiger partial charge in [-0.2, -0.15) is 0 Å². The van der Waals surface area contributed by atoms with Crippen LogP contribution in [0.1, 0.15) is 52.9 Å². The number of likely N-dealkylation sites (N-methyl/N-ethyl adjacent to an activating group) is 1. The molecule has 96 valence electrons. The van der Waals surface area contributed by atoms with Crippen molar-refractivity contribution in [2.75, 3.05) is 20.1 Å². The molecule has 16 heavy (non-hydrogen) atoms. The molecule has 0 saturated carbocycles. The first-order chi connectivity index (χ1) is 7.69. The molecule has 0 spiro atoms. The van der Waals surface area contributed by atoms with E-state index in [1.807, 2.05) is 0 Å². The van der Waals surface area contributed by atoms with Crippen molar-refractivity contribution in [2.24, 2.45) is 5.92 Å². The van der Waals surface area contributed by atoms with Crippen LogP contribution in [0.4, 0.5) is 0 Å². The second-order valence-corrected chi connectivity index (χ2v) is 5.57. The minimum Gasteiger partial charge on any atom is -0.315 e. The molecule has 2 atom stereocenters. The van der Waals surface area contributed by atoms with Gasteiger partial charge in [0.2, 0.25) is 0 Å². The summed E-state index contributed by atoms with van der Waals surface area (Å²) in [6, 6.07) is 1.51. The lowest BCUT2D eigenvalue weighted by molar-refractivity contribution is 0.117. The lowest BCUT2D eigenvalue weighted by Crippen LogP contribution is -2.48. The molecule has 2 heteroatoms. The lowest BCUT2D eigenvalue weighted by Gasteiger charge is -2.38. The molecular weight excluding hydrogens is 196 g/mol. The topological polar surface area (TPSA) is 15.3 Å². The van der Waals surface area contributed by atoms with Crippen molar-refractivity contribution in [2.45, 2.75) is 65.0 Å². The molecule has 2 unspecified atom stereocenters. The predicted octanol–water partition coefficient (Wildman–Crippen LogP) is 2.89. The van der Waals surface area contributed by atoms with Crippen LogP contribution >= 0.6 is 0 Å². The molecular formula is C14H30N2. The van der Waals surface area contributed by atoms with E-state index in [1.54, 1.807) is 0 Å². The van der Waals surface area contributed by atoms with Crippen LogP contribution < -0.4 is 5.32 Å². The van der Waals surface area contributed by atoms with E-state index in [-0.39, 0.29) is 0 Å². The van der Waals surface area contributed by atoms with Gasteiger partial charge in [-0.3, -0.25) is 4.90 Å². The lowest BCUT2D eigenvalue weighted by atomic mass is 9.95. The molecule has 1 heterocycles. The van der Waals surface area contributed by atoms with Crippen molar-refractivity contribution >= 4 is 0 Å². The molecule has 0 bridgehead atoms. The molecule has 1 N–H and O–H groups in total. The Balaban J connectivity index is 2.47. The largest absolute Gasteiger partial charge is 0.315 e. The van der Waals surface area contributed by atoms with Crippen LogP contribution in [0.5, 0.6) is 0 Å². The Labute approximate surface area is 102 Å². The minimum absolute atomic E-state index is 0.650. The Kier molecular flexibility index (Phi) is 6.37. The van der Waals surface area contributed by atoms with Crippen molar-refractivity contribution in [1.29, 1.82) is 0 Å². The molecule has 1 aliphatic rings. The van der Waals surface area contributed by atoms with Crippen molar-refractivity contribution in [3.05, 3.63) is 0 Å². The van der Waals surface area contributed by atoms with E-state index in [0.29, 0.717) is 6.04 Å². The fourth-order valence-corrected chi connectivity index (χ4v) is 2.85. The summed E-state index contributed by atoms with van der Waals surface area (Å²) in [5.74, 6) is 0.731. The average Bonchev–Trinajstić information content (AvgIpc) is 2.27. The van der Waals surface area contributed by atoms with Gasteiger partial charge in [0.05, 0.1) is 0 Å². The maximum absolute atomic E-state index is 3.47. The third-order valence-electron chi connectivity index (χ3n) is 3.98. The van der Waals surface area contributed by atoms with Crippen LogP contribution in [0.25, 0.3) is 0 Å². The van der Waals surface area contributed by atoms with E-state index in [1.165, 1.54) is 45.2 Å². The van der Waals surface area contributed by atoms with Gasteiger partial charge < -0.3 is 5.32 Å². The third kappa shape index (κ3) is 4.06. The van der Waals surface area contributed by atoms with E-state index >= 15 is 0 Å². The number of hydrogen-bond donors (Lipinski definition) is 1. The van der Waals surface area contributed by atoms with Gasteiger partial charge >= 0.3 is 0 Å².